The summed E-state index contributed by atoms with van der Waals surface area (Å²) < 4.78 is 18.9. The van der Waals surface area contributed by atoms with Crippen LogP contribution in [0.5, 0.6) is 11.6 Å². The summed E-state index contributed by atoms with van der Waals surface area (Å²) >= 11 is 6.22. The molecule has 1 aromatic carbocycles. The number of aromatic nitrogens is 1. The third kappa shape index (κ3) is 3.52. The molecule has 0 amide bonds. The lowest BCUT2D eigenvalue weighted by Crippen LogP contribution is -1.99. The van der Waals surface area contributed by atoms with Crippen LogP contribution in [0.1, 0.15) is 36.5 Å². The molecular formula is C16H17ClFNO2. The first kappa shape index (κ1) is 15.7. The minimum Gasteiger partial charge on any atom is -0.438 e. The van der Waals surface area contributed by atoms with E-state index in [1.807, 2.05) is 32.9 Å². The standard InChI is InChI=1S/C16H17ClFNO2/c1-9(2)13-6-15(10(3)4-14(13)17)21-16-11(8-20)5-12(18)7-19-16/h4-7,9,20H,8H2,1-3H3. The van der Waals surface area contributed by atoms with Crippen LogP contribution < -0.4 is 4.74 Å². The van der Waals surface area contributed by atoms with Crippen LogP contribution in [0.2, 0.25) is 5.02 Å². The molecule has 1 aromatic heterocycles. The minimum atomic E-state index is -0.512. The van der Waals surface area contributed by atoms with Crippen molar-refractivity contribution in [2.45, 2.75) is 33.3 Å². The van der Waals surface area contributed by atoms with Crippen molar-refractivity contribution in [3.8, 4) is 11.6 Å². The second-order valence-electron chi connectivity index (χ2n) is 5.17. The van der Waals surface area contributed by atoms with Crippen LogP contribution in [-0.2, 0) is 6.61 Å². The molecule has 0 aliphatic heterocycles. The lowest BCUT2D eigenvalue weighted by Gasteiger charge is -2.15. The van der Waals surface area contributed by atoms with E-state index < -0.39 is 5.82 Å². The van der Waals surface area contributed by atoms with Gasteiger partial charge in [-0.25, -0.2) is 9.37 Å². The van der Waals surface area contributed by atoms with E-state index in [0.29, 0.717) is 16.3 Å². The van der Waals surface area contributed by atoms with Gasteiger partial charge in [-0.2, -0.15) is 0 Å². The summed E-state index contributed by atoms with van der Waals surface area (Å²) in [7, 11) is 0. The molecule has 0 saturated carbocycles. The summed E-state index contributed by atoms with van der Waals surface area (Å²) in [6.45, 7) is 5.60. The van der Waals surface area contributed by atoms with Crippen molar-refractivity contribution in [2.24, 2.45) is 0 Å². The molecule has 1 heterocycles. The zero-order valence-corrected chi connectivity index (χ0v) is 12.9. The van der Waals surface area contributed by atoms with Gasteiger partial charge in [0, 0.05) is 10.6 Å². The quantitative estimate of drug-likeness (QED) is 0.898. The highest BCUT2D eigenvalue weighted by Crippen LogP contribution is 2.34. The number of aryl methyl sites for hydroxylation is 1. The number of pyridine rings is 1. The molecule has 0 spiro atoms. The average Bonchev–Trinajstić information content (AvgIpc) is 2.42. The van der Waals surface area contributed by atoms with Crippen molar-refractivity contribution in [1.82, 2.24) is 4.98 Å². The first-order chi connectivity index (χ1) is 9.92. The maximum Gasteiger partial charge on any atom is 0.224 e. The Kier molecular flexibility index (Phi) is 4.80. The predicted molar refractivity (Wildman–Crippen MR) is 80.5 cm³/mol. The summed E-state index contributed by atoms with van der Waals surface area (Å²) in [4.78, 5) is 3.89. The van der Waals surface area contributed by atoms with Crippen molar-refractivity contribution in [1.29, 1.82) is 0 Å². The number of aliphatic hydroxyl groups is 1. The summed E-state index contributed by atoms with van der Waals surface area (Å²) in [5.41, 5.74) is 2.11. The largest absolute Gasteiger partial charge is 0.438 e. The zero-order valence-electron chi connectivity index (χ0n) is 12.2. The maximum atomic E-state index is 13.1. The highest BCUT2D eigenvalue weighted by atomic mass is 35.5. The van der Waals surface area contributed by atoms with Crippen LogP contribution in [0.3, 0.4) is 0 Å². The molecule has 112 valence electrons. The fraction of sp³-hybridized carbons (Fsp3) is 0.312. The molecule has 0 atom stereocenters. The SMILES string of the molecule is Cc1cc(Cl)c(C(C)C)cc1Oc1ncc(F)cc1CO. The Morgan fingerprint density at radius 2 is 2.05 bits per heavy atom. The number of nitrogens with zero attached hydrogens (tertiary/aromatic N) is 1. The van der Waals surface area contributed by atoms with Crippen LogP contribution in [0, 0.1) is 12.7 Å². The Balaban J connectivity index is 2.42. The molecule has 5 heteroatoms. The van der Waals surface area contributed by atoms with E-state index in [0.717, 1.165) is 17.3 Å². The summed E-state index contributed by atoms with van der Waals surface area (Å²) in [6.07, 6.45) is 1.06. The second kappa shape index (κ2) is 6.41. The molecule has 21 heavy (non-hydrogen) atoms. The van der Waals surface area contributed by atoms with E-state index in [4.69, 9.17) is 16.3 Å². The third-order valence-electron chi connectivity index (χ3n) is 3.19. The van der Waals surface area contributed by atoms with Gasteiger partial charge in [-0.05, 0) is 42.2 Å². The van der Waals surface area contributed by atoms with Crippen LogP contribution in [0.25, 0.3) is 0 Å². The van der Waals surface area contributed by atoms with Gasteiger partial charge < -0.3 is 9.84 Å². The van der Waals surface area contributed by atoms with Gasteiger partial charge in [-0.1, -0.05) is 25.4 Å². The minimum absolute atomic E-state index is 0.194. The van der Waals surface area contributed by atoms with Crippen LogP contribution in [0.4, 0.5) is 4.39 Å². The van der Waals surface area contributed by atoms with Gasteiger partial charge in [0.1, 0.15) is 11.6 Å². The summed E-state index contributed by atoms with van der Waals surface area (Å²) in [5, 5.41) is 9.95. The molecule has 0 unspecified atom stereocenters. The molecule has 2 rings (SSSR count). The first-order valence-electron chi connectivity index (χ1n) is 6.65. The normalized spacial score (nSPS) is 11.0. The average molecular weight is 310 g/mol. The number of halogens is 2. The maximum absolute atomic E-state index is 13.1. The Hall–Kier alpha value is -1.65. The number of rotatable bonds is 4. The fourth-order valence-electron chi connectivity index (χ4n) is 2.00. The van der Waals surface area contributed by atoms with Crippen LogP contribution in [0.15, 0.2) is 24.4 Å². The van der Waals surface area contributed by atoms with Crippen LogP contribution in [-0.4, -0.2) is 10.1 Å². The van der Waals surface area contributed by atoms with Gasteiger partial charge in [0.2, 0.25) is 5.88 Å². The lowest BCUT2D eigenvalue weighted by atomic mass is 10.0. The number of benzene rings is 1. The van der Waals surface area contributed by atoms with Crippen molar-refractivity contribution in [3.05, 3.63) is 51.9 Å². The number of aliphatic hydroxyl groups excluding tert-OH is 1. The van der Waals surface area contributed by atoms with Crippen molar-refractivity contribution in [3.63, 3.8) is 0 Å². The van der Waals surface area contributed by atoms with Gasteiger partial charge >= 0.3 is 0 Å². The molecule has 0 saturated heterocycles. The third-order valence-corrected chi connectivity index (χ3v) is 3.51. The fourth-order valence-corrected chi connectivity index (χ4v) is 2.44. The van der Waals surface area contributed by atoms with E-state index >= 15 is 0 Å². The van der Waals surface area contributed by atoms with Gasteiger partial charge in [0.15, 0.2) is 0 Å². The molecule has 1 N–H and O–H groups in total. The monoisotopic (exact) mass is 309 g/mol. The number of hydrogen-bond donors (Lipinski definition) is 1. The first-order valence-corrected chi connectivity index (χ1v) is 7.03. The van der Waals surface area contributed by atoms with Gasteiger partial charge in [0.05, 0.1) is 12.8 Å². The Morgan fingerprint density at radius 1 is 1.33 bits per heavy atom. The second-order valence-corrected chi connectivity index (χ2v) is 5.58. The van der Waals surface area contributed by atoms with Gasteiger partial charge in [0.25, 0.3) is 0 Å². The summed E-state index contributed by atoms with van der Waals surface area (Å²) in [5.74, 6) is 0.525. The Bertz CT molecular complexity index is 659. The van der Waals surface area contributed by atoms with E-state index in [1.165, 1.54) is 6.07 Å². The zero-order chi connectivity index (χ0) is 15.6. The van der Waals surface area contributed by atoms with E-state index in [1.54, 1.807) is 0 Å². The molecule has 0 bridgehead atoms. The molecule has 2 aromatic rings. The molecule has 0 radical (unpaired) electrons. The topological polar surface area (TPSA) is 42.4 Å². The van der Waals surface area contributed by atoms with Crippen molar-refractivity contribution in [2.75, 3.05) is 0 Å². The van der Waals surface area contributed by atoms with E-state index in [-0.39, 0.29) is 18.4 Å². The molecule has 0 aliphatic carbocycles. The smallest absolute Gasteiger partial charge is 0.224 e. The molecule has 3 nitrogen and oxygen atoms in total. The Labute approximate surface area is 128 Å². The Morgan fingerprint density at radius 3 is 2.67 bits per heavy atom. The van der Waals surface area contributed by atoms with Crippen molar-refractivity contribution < 1.29 is 14.2 Å². The van der Waals surface area contributed by atoms with Crippen molar-refractivity contribution >= 4 is 11.6 Å². The van der Waals surface area contributed by atoms with Crippen LogP contribution >= 0.6 is 11.6 Å². The highest BCUT2D eigenvalue weighted by molar-refractivity contribution is 6.31. The van der Waals surface area contributed by atoms with E-state index in [9.17, 15) is 9.50 Å². The molecule has 0 fully saturated rings. The molecular weight excluding hydrogens is 293 g/mol. The van der Waals surface area contributed by atoms with E-state index in [2.05, 4.69) is 4.98 Å². The predicted octanol–water partition coefficient (Wildman–Crippen LogP) is 4.59. The lowest BCUT2D eigenvalue weighted by molar-refractivity contribution is 0.274. The number of hydrogen-bond acceptors (Lipinski definition) is 3. The summed E-state index contributed by atoms with van der Waals surface area (Å²) in [6, 6.07) is 4.89. The highest BCUT2D eigenvalue weighted by Gasteiger charge is 2.13. The number of ether oxygens (including phenoxy) is 1. The van der Waals surface area contributed by atoms with Gasteiger partial charge in [-0.15, -0.1) is 0 Å². The van der Waals surface area contributed by atoms with Gasteiger partial charge in [-0.3, -0.25) is 0 Å². The molecule has 0 aliphatic rings.